The summed E-state index contributed by atoms with van der Waals surface area (Å²) in [6.45, 7) is 2.25. The molecule has 47 heavy (non-hydrogen) atoms. The van der Waals surface area contributed by atoms with E-state index in [1.54, 1.807) is 0 Å². The summed E-state index contributed by atoms with van der Waals surface area (Å²) in [5.74, 6) is 0. The highest BCUT2D eigenvalue weighted by Crippen LogP contribution is 2.23. The number of unbranched alkanes of at least 4 members (excludes halogenated alkanes) is 16. The molecule has 1 aliphatic rings. The van der Waals surface area contributed by atoms with Crippen molar-refractivity contribution in [2.75, 3.05) is 19.8 Å². The average molecular weight is 668 g/mol. The second-order valence-corrected chi connectivity index (χ2v) is 13.7. The van der Waals surface area contributed by atoms with Gasteiger partial charge < -0.3 is 45.4 Å². The maximum Gasteiger partial charge on any atom is 0.186 e. The molecule has 9 nitrogen and oxygen atoms in total. The third kappa shape index (κ3) is 17.9. The highest BCUT2D eigenvalue weighted by atomic mass is 16.7. The Balaban J connectivity index is 1.71. The van der Waals surface area contributed by atoms with Gasteiger partial charge in [-0.2, -0.15) is 0 Å². The molecule has 1 saturated heterocycles. The van der Waals surface area contributed by atoms with E-state index in [9.17, 15) is 30.6 Å². The number of hydrogen-bond acceptors (Lipinski definition) is 9. The van der Waals surface area contributed by atoms with E-state index in [-0.39, 0.29) is 6.61 Å². The first-order chi connectivity index (χ1) is 22.9. The first-order valence-electron chi connectivity index (χ1n) is 18.9. The minimum Gasteiger partial charge on any atom is -0.394 e. The van der Waals surface area contributed by atoms with E-state index in [1.165, 1.54) is 82.6 Å². The Labute approximate surface area is 285 Å². The topological polar surface area (TPSA) is 152 Å². The van der Waals surface area contributed by atoms with Gasteiger partial charge in [0.1, 0.15) is 24.4 Å². The number of hydrogen-bond donors (Lipinski definition) is 7. The second-order valence-electron chi connectivity index (χ2n) is 13.7. The van der Waals surface area contributed by atoms with E-state index < -0.39 is 55.6 Å². The zero-order valence-electron chi connectivity index (χ0n) is 29.3. The Morgan fingerprint density at radius 2 is 1.26 bits per heavy atom. The Kier molecular flexibility index (Phi) is 23.9. The van der Waals surface area contributed by atoms with Gasteiger partial charge in [0.2, 0.25) is 0 Å². The van der Waals surface area contributed by atoms with Gasteiger partial charge in [-0.25, -0.2) is 0 Å². The normalized spacial score (nSPS) is 23.5. The number of aryl methyl sites for hydroxylation is 1. The molecule has 274 valence electrons. The van der Waals surface area contributed by atoms with Crippen LogP contribution in [0.25, 0.3) is 0 Å². The van der Waals surface area contributed by atoms with Crippen molar-refractivity contribution in [3.63, 3.8) is 0 Å². The van der Waals surface area contributed by atoms with E-state index in [4.69, 9.17) is 9.47 Å². The predicted molar refractivity (Wildman–Crippen MR) is 187 cm³/mol. The van der Waals surface area contributed by atoms with Crippen LogP contribution in [-0.4, -0.2) is 99.4 Å². The number of benzene rings is 1. The van der Waals surface area contributed by atoms with Gasteiger partial charge in [0, 0.05) is 0 Å². The van der Waals surface area contributed by atoms with E-state index in [2.05, 4.69) is 36.5 Å². The Morgan fingerprint density at radius 3 is 1.85 bits per heavy atom. The van der Waals surface area contributed by atoms with Gasteiger partial charge in [0.25, 0.3) is 0 Å². The van der Waals surface area contributed by atoms with Gasteiger partial charge in [0.05, 0.1) is 31.5 Å². The fourth-order valence-electron chi connectivity index (χ4n) is 6.41. The van der Waals surface area contributed by atoms with Gasteiger partial charge in [-0.1, -0.05) is 140 Å². The standard InChI is InChI=1S/C38H69NO8/c1-2-3-4-5-6-7-8-9-10-11-15-21-26-32(41)34(42)31(29-46-38-37(45)36(44)35(43)33(28-40)47-38)39-27-22-16-13-12-14-18-23-30-24-19-17-20-25-30/h17,19-20,24-25,31-45H,2-16,18,21-23,26-29H2,1H3/t31-,32+,33+,34-,35-,36-,37+,38-/m0/s1. The minimum absolute atomic E-state index is 0.0845. The highest BCUT2D eigenvalue weighted by Gasteiger charge is 2.44. The van der Waals surface area contributed by atoms with Crippen LogP contribution in [0.1, 0.15) is 134 Å². The van der Waals surface area contributed by atoms with E-state index >= 15 is 0 Å². The smallest absolute Gasteiger partial charge is 0.186 e. The molecule has 9 heteroatoms. The van der Waals surface area contributed by atoms with Crippen LogP contribution in [0.5, 0.6) is 0 Å². The molecule has 1 aromatic rings. The zero-order chi connectivity index (χ0) is 34.1. The van der Waals surface area contributed by atoms with E-state index in [0.29, 0.717) is 13.0 Å². The van der Waals surface area contributed by atoms with Crippen LogP contribution in [-0.2, 0) is 15.9 Å². The molecule has 0 amide bonds. The molecule has 7 N–H and O–H groups in total. The van der Waals surface area contributed by atoms with Crippen LogP contribution in [0.2, 0.25) is 0 Å². The summed E-state index contributed by atoms with van der Waals surface area (Å²) in [6, 6.07) is 9.93. The molecular weight excluding hydrogens is 598 g/mol. The maximum atomic E-state index is 11.1. The molecule has 1 fully saturated rings. The lowest BCUT2D eigenvalue weighted by atomic mass is 9.98. The predicted octanol–water partition coefficient (Wildman–Crippen LogP) is 5.16. The third-order valence-corrected chi connectivity index (χ3v) is 9.59. The molecular formula is C38H69NO8. The quantitative estimate of drug-likeness (QED) is 0.0575. The van der Waals surface area contributed by atoms with Crippen molar-refractivity contribution in [2.45, 2.75) is 184 Å². The van der Waals surface area contributed by atoms with Gasteiger partial charge in [0.15, 0.2) is 6.29 Å². The Morgan fingerprint density at radius 1 is 0.702 bits per heavy atom. The van der Waals surface area contributed by atoms with Gasteiger partial charge in [-0.15, -0.1) is 0 Å². The van der Waals surface area contributed by atoms with Crippen LogP contribution in [0, 0.1) is 0 Å². The maximum absolute atomic E-state index is 11.1. The molecule has 1 aliphatic heterocycles. The summed E-state index contributed by atoms with van der Waals surface area (Å²) < 4.78 is 11.3. The molecule has 0 spiro atoms. The summed E-state index contributed by atoms with van der Waals surface area (Å²) in [7, 11) is 0. The van der Waals surface area contributed by atoms with Crippen LogP contribution in [0.4, 0.5) is 0 Å². The summed E-state index contributed by atoms with van der Waals surface area (Å²) in [4.78, 5) is 0. The number of ether oxygens (including phenoxy) is 2. The molecule has 0 aliphatic carbocycles. The summed E-state index contributed by atoms with van der Waals surface area (Å²) in [6.07, 6.45) is 14.1. The largest absolute Gasteiger partial charge is 0.394 e. The molecule has 1 aromatic carbocycles. The van der Waals surface area contributed by atoms with Crippen molar-refractivity contribution in [1.82, 2.24) is 5.32 Å². The molecule has 8 atom stereocenters. The van der Waals surface area contributed by atoms with Gasteiger partial charge in [-0.3, -0.25) is 0 Å². The zero-order valence-corrected chi connectivity index (χ0v) is 29.3. The SMILES string of the molecule is CCCCCCCCCCCCCC[C@@H](O)[C@@H](O)[C@H](CO[C@H]1O[C@H](CO)[C@H](O)[C@H](O)[C@H]1O)NCCCCCCCCc1ccccc1. The first kappa shape index (κ1) is 42.0. The van der Waals surface area contributed by atoms with Crippen LogP contribution < -0.4 is 5.32 Å². The molecule has 2 rings (SSSR count). The van der Waals surface area contributed by atoms with Gasteiger partial charge >= 0.3 is 0 Å². The molecule has 0 aromatic heterocycles. The fourth-order valence-corrected chi connectivity index (χ4v) is 6.41. The van der Waals surface area contributed by atoms with E-state index in [0.717, 1.165) is 44.9 Å². The van der Waals surface area contributed by atoms with E-state index in [1.807, 2.05) is 6.07 Å². The summed E-state index contributed by atoms with van der Waals surface area (Å²) >= 11 is 0. The number of aliphatic hydroxyl groups is 6. The van der Waals surface area contributed by atoms with Crippen molar-refractivity contribution < 1.29 is 40.1 Å². The van der Waals surface area contributed by atoms with Crippen LogP contribution in [0.15, 0.2) is 30.3 Å². The number of nitrogens with one attached hydrogen (secondary N) is 1. The molecule has 0 bridgehead atoms. The third-order valence-electron chi connectivity index (χ3n) is 9.59. The van der Waals surface area contributed by atoms with Crippen LogP contribution >= 0.6 is 0 Å². The molecule has 0 unspecified atom stereocenters. The lowest BCUT2D eigenvalue weighted by Crippen LogP contribution is -2.60. The number of aliphatic hydroxyl groups excluding tert-OH is 6. The minimum atomic E-state index is -1.54. The molecule has 0 saturated carbocycles. The van der Waals surface area contributed by atoms with Crippen molar-refractivity contribution in [3.8, 4) is 0 Å². The highest BCUT2D eigenvalue weighted by molar-refractivity contribution is 5.14. The fraction of sp³-hybridized carbons (Fsp3) is 0.842. The Bertz CT molecular complexity index is 846. The molecule has 0 radical (unpaired) electrons. The van der Waals surface area contributed by atoms with Crippen molar-refractivity contribution >= 4 is 0 Å². The first-order valence-corrected chi connectivity index (χ1v) is 18.9. The molecule has 1 heterocycles. The van der Waals surface area contributed by atoms with Crippen molar-refractivity contribution in [3.05, 3.63) is 35.9 Å². The van der Waals surface area contributed by atoms with Crippen molar-refractivity contribution in [1.29, 1.82) is 0 Å². The van der Waals surface area contributed by atoms with Crippen LogP contribution in [0.3, 0.4) is 0 Å². The lowest BCUT2D eigenvalue weighted by Gasteiger charge is -2.40. The second kappa shape index (κ2) is 26.7. The monoisotopic (exact) mass is 668 g/mol. The lowest BCUT2D eigenvalue weighted by molar-refractivity contribution is -0.303. The van der Waals surface area contributed by atoms with Crippen molar-refractivity contribution in [2.24, 2.45) is 0 Å². The van der Waals surface area contributed by atoms with Gasteiger partial charge in [-0.05, 0) is 37.8 Å². The average Bonchev–Trinajstić information content (AvgIpc) is 3.09. The summed E-state index contributed by atoms with van der Waals surface area (Å²) in [5, 5.41) is 65.4. The Hall–Kier alpha value is -1.14. The number of rotatable bonds is 29. The summed E-state index contributed by atoms with van der Waals surface area (Å²) in [5.41, 5.74) is 1.38.